The molecule has 0 aliphatic carbocycles. The number of fused-ring (bicyclic) bond motifs is 2. The average Bonchev–Trinajstić information content (AvgIpc) is 3.04. The number of rotatable bonds is 3. The molecule has 4 rings (SSSR count). The van der Waals surface area contributed by atoms with Crippen LogP contribution >= 0.6 is 0 Å². The van der Waals surface area contributed by atoms with Crippen molar-refractivity contribution in [2.45, 2.75) is 19.8 Å². The van der Waals surface area contributed by atoms with Crippen LogP contribution in [0.25, 0.3) is 11.7 Å². The highest BCUT2D eigenvalue weighted by molar-refractivity contribution is 5.92. The van der Waals surface area contributed by atoms with Gasteiger partial charge in [-0.2, -0.15) is 9.61 Å². The number of nitrogens with one attached hydrogen (secondary N) is 1. The van der Waals surface area contributed by atoms with Crippen molar-refractivity contribution >= 4 is 23.2 Å². The first kappa shape index (κ1) is 16.3. The summed E-state index contributed by atoms with van der Waals surface area (Å²) in [6.45, 7) is 3.55. The number of benzene rings is 1. The fraction of sp³-hybridized carbons (Fsp3) is 0.222. The Morgan fingerprint density at radius 1 is 1.31 bits per heavy atom. The Balaban J connectivity index is 1.88. The number of Topliss-reactive ketones (excluding diaryl/α,β-unsaturated/α-hetero) is 1. The predicted molar refractivity (Wildman–Crippen MR) is 92.2 cm³/mol. The first-order valence-electron chi connectivity index (χ1n) is 8.13. The summed E-state index contributed by atoms with van der Waals surface area (Å²) in [4.78, 5) is 11.6. The van der Waals surface area contributed by atoms with E-state index in [1.54, 1.807) is 25.1 Å². The molecule has 3 heterocycles. The summed E-state index contributed by atoms with van der Waals surface area (Å²) >= 11 is 0. The van der Waals surface area contributed by atoms with E-state index >= 15 is 4.39 Å². The third-order valence-corrected chi connectivity index (χ3v) is 4.45. The van der Waals surface area contributed by atoms with Crippen LogP contribution in [-0.2, 0) is 0 Å². The van der Waals surface area contributed by atoms with Crippen molar-refractivity contribution in [1.29, 1.82) is 0 Å². The van der Waals surface area contributed by atoms with Gasteiger partial charge in [-0.25, -0.2) is 8.78 Å². The van der Waals surface area contributed by atoms with Gasteiger partial charge in [-0.05, 0) is 18.2 Å². The minimum absolute atomic E-state index is 0.110. The van der Waals surface area contributed by atoms with Gasteiger partial charge in [-0.3, -0.25) is 4.79 Å². The summed E-state index contributed by atoms with van der Waals surface area (Å²) in [6.07, 6.45) is 3.40. The van der Waals surface area contributed by atoms with E-state index in [0.29, 0.717) is 23.4 Å². The van der Waals surface area contributed by atoms with Gasteiger partial charge in [0.25, 0.3) is 0 Å². The molecule has 0 saturated carbocycles. The average molecular weight is 355 g/mol. The molecule has 1 aliphatic heterocycles. The van der Waals surface area contributed by atoms with Crippen molar-refractivity contribution < 1.29 is 13.6 Å². The van der Waals surface area contributed by atoms with Gasteiger partial charge in [0.05, 0.1) is 0 Å². The largest absolute Gasteiger partial charge is 0.381 e. The number of aromatic nitrogens is 4. The fourth-order valence-corrected chi connectivity index (χ4v) is 3.09. The number of hydrogen-bond donors (Lipinski definition) is 1. The first-order chi connectivity index (χ1) is 12.5. The number of ketones is 1. The van der Waals surface area contributed by atoms with Crippen LogP contribution in [0.1, 0.15) is 47.2 Å². The van der Waals surface area contributed by atoms with Gasteiger partial charge in [0.15, 0.2) is 17.3 Å². The molecule has 0 fully saturated rings. The predicted octanol–water partition coefficient (Wildman–Crippen LogP) is 3.20. The molecule has 0 spiro atoms. The molecule has 0 amide bonds. The Labute approximate surface area is 147 Å². The molecule has 0 bridgehead atoms. The molecule has 3 aromatic rings. The lowest BCUT2D eigenvalue weighted by Gasteiger charge is -2.19. The van der Waals surface area contributed by atoms with Crippen LogP contribution in [0.2, 0.25) is 0 Å². The topological polar surface area (TPSA) is 72.2 Å². The molecule has 6 nitrogen and oxygen atoms in total. The third kappa shape index (κ3) is 2.45. The molecule has 26 heavy (non-hydrogen) atoms. The lowest BCUT2D eigenvalue weighted by molar-refractivity contribution is 0.101. The summed E-state index contributed by atoms with van der Waals surface area (Å²) in [5.74, 6) is -2.03. The molecule has 8 heteroatoms. The quantitative estimate of drug-likeness (QED) is 0.731. The monoisotopic (exact) mass is 355 g/mol. The molecule has 1 unspecified atom stereocenters. The minimum Gasteiger partial charge on any atom is -0.381 e. The van der Waals surface area contributed by atoms with Gasteiger partial charge in [-0.1, -0.05) is 19.1 Å². The number of carbonyl (C=O) groups excluding carboxylic acids is 1. The summed E-state index contributed by atoms with van der Waals surface area (Å²) in [7, 11) is 0. The minimum atomic E-state index is -0.750. The summed E-state index contributed by atoms with van der Waals surface area (Å²) in [5.41, 5.74) is 1.25. The highest BCUT2D eigenvalue weighted by Gasteiger charge is 2.27. The molecule has 0 saturated heterocycles. The van der Waals surface area contributed by atoms with Gasteiger partial charge in [-0.15, -0.1) is 10.2 Å². The van der Waals surface area contributed by atoms with Crippen LogP contribution < -0.4 is 5.32 Å². The van der Waals surface area contributed by atoms with E-state index < -0.39 is 17.6 Å². The first-order valence-corrected chi connectivity index (χ1v) is 8.13. The van der Waals surface area contributed by atoms with Crippen molar-refractivity contribution in [3.05, 3.63) is 58.6 Å². The van der Waals surface area contributed by atoms with E-state index in [1.165, 1.54) is 23.6 Å². The number of halogens is 2. The van der Waals surface area contributed by atoms with E-state index in [1.807, 2.05) is 0 Å². The lowest BCUT2D eigenvalue weighted by Crippen LogP contribution is -2.14. The Kier molecular flexibility index (Phi) is 3.75. The molecule has 1 aromatic carbocycles. The SMILES string of the molecule is CC(=O)c1ccc2nnc(C(C)c3c(F)cc4c(c3F)C=CCN4)n2n1. The highest BCUT2D eigenvalue weighted by Crippen LogP contribution is 2.34. The Morgan fingerprint density at radius 2 is 2.12 bits per heavy atom. The van der Waals surface area contributed by atoms with Crippen LogP contribution in [-0.4, -0.2) is 32.1 Å². The fourth-order valence-electron chi connectivity index (χ4n) is 3.09. The van der Waals surface area contributed by atoms with E-state index in [-0.39, 0.29) is 22.9 Å². The van der Waals surface area contributed by atoms with E-state index in [9.17, 15) is 9.18 Å². The smallest absolute Gasteiger partial charge is 0.179 e. The Morgan fingerprint density at radius 3 is 2.88 bits per heavy atom. The van der Waals surface area contributed by atoms with Crippen molar-refractivity contribution in [3.63, 3.8) is 0 Å². The lowest BCUT2D eigenvalue weighted by atomic mass is 9.94. The second kappa shape index (κ2) is 5.98. The third-order valence-electron chi connectivity index (χ3n) is 4.45. The van der Waals surface area contributed by atoms with Gasteiger partial charge in [0.2, 0.25) is 0 Å². The normalized spacial score (nSPS) is 14.2. The van der Waals surface area contributed by atoms with Crippen LogP contribution in [0.4, 0.5) is 14.5 Å². The van der Waals surface area contributed by atoms with Gasteiger partial charge in [0.1, 0.15) is 17.3 Å². The number of nitrogens with zero attached hydrogens (tertiary/aromatic N) is 4. The van der Waals surface area contributed by atoms with Crippen LogP contribution in [0, 0.1) is 11.6 Å². The Hall–Kier alpha value is -3.16. The van der Waals surface area contributed by atoms with Crippen LogP contribution in [0.3, 0.4) is 0 Å². The zero-order valence-corrected chi connectivity index (χ0v) is 14.1. The van der Waals surface area contributed by atoms with Gasteiger partial charge < -0.3 is 5.32 Å². The highest BCUT2D eigenvalue weighted by atomic mass is 19.1. The van der Waals surface area contributed by atoms with Crippen molar-refractivity contribution in [2.24, 2.45) is 0 Å². The number of hydrogen-bond acceptors (Lipinski definition) is 5. The van der Waals surface area contributed by atoms with Crippen LogP contribution in [0.15, 0.2) is 24.3 Å². The molecule has 0 radical (unpaired) electrons. The summed E-state index contributed by atoms with van der Waals surface area (Å²) in [6, 6.07) is 4.42. The van der Waals surface area contributed by atoms with E-state index in [0.717, 1.165) is 0 Å². The van der Waals surface area contributed by atoms with Gasteiger partial charge >= 0.3 is 0 Å². The zero-order chi connectivity index (χ0) is 18.4. The molecule has 132 valence electrons. The summed E-state index contributed by atoms with van der Waals surface area (Å²) in [5, 5.41) is 15.2. The maximum Gasteiger partial charge on any atom is 0.179 e. The van der Waals surface area contributed by atoms with Crippen molar-refractivity contribution in [3.8, 4) is 0 Å². The molecule has 1 aliphatic rings. The maximum absolute atomic E-state index is 15.0. The molecular weight excluding hydrogens is 340 g/mol. The maximum atomic E-state index is 15.0. The molecule has 2 aromatic heterocycles. The van der Waals surface area contributed by atoms with Crippen molar-refractivity contribution in [2.75, 3.05) is 11.9 Å². The van der Waals surface area contributed by atoms with Crippen LogP contribution in [0.5, 0.6) is 0 Å². The summed E-state index contributed by atoms with van der Waals surface area (Å²) < 4.78 is 31.0. The standard InChI is InChI=1S/C18H15F2N5O/c1-9(16-12(19)8-14-11(17(16)20)4-3-7-21-14)18-23-22-15-6-5-13(10(2)26)24-25(15)18/h3-6,8-9,21H,7H2,1-2H3. The Bertz CT molecular complexity index is 1070. The van der Waals surface area contributed by atoms with Gasteiger partial charge in [0, 0.05) is 36.2 Å². The molecular formula is C18H15F2N5O. The van der Waals surface area contributed by atoms with E-state index in [2.05, 4.69) is 20.6 Å². The second-order valence-electron chi connectivity index (χ2n) is 6.16. The number of carbonyl (C=O) groups is 1. The van der Waals surface area contributed by atoms with Crippen molar-refractivity contribution in [1.82, 2.24) is 19.8 Å². The zero-order valence-electron chi connectivity index (χ0n) is 14.1. The second-order valence-corrected chi connectivity index (χ2v) is 6.16. The molecule has 1 N–H and O–H groups in total. The molecule has 1 atom stereocenters. The van der Waals surface area contributed by atoms with E-state index in [4.69, 9.17) is 0 Å². The number of anilines is 1.